The van der Waals surface area contributed by atoms with Crippen LogP contribution in [0.2, 0.25) is 0 Å². The fourth-order valence-electron chi connectivity index (χ4n) is 1.50. The molecule has 0 spiro atoms. The summed E-state index contributed by atoms with van der Waals surface area (Å²) in [4.78, 5) is 22.6. The van der Waals surface area contributed by atoms with Gasteiger partial charge in [0.1, 0.15) is 11.6 Å². The van der Waals surface area contributed by atoms with Crippen molar-refractivity contribution >= 4 is 11.6 Å². The molecule has 4 heteroatoms. The first-order valence-corrected chi connectivity index (χ1v) is 6.14. The van der Waals surface area contributed by atoms with Gasteiger partial charge >= 0.3 is 0 Å². The SMILES string of the molecule is NCCCCC(=O)CCCC(=O)CCCN. The first-order valence-electron chi connectivity index (χ1n) is 6.14. The third-order valence-corrected chi connectivity index (χ3v) is 2.48. The van der Waals surface area contributed by atoms with Crippen LogP contribution in [0.3, 0.4) is 0 Å². The van der Waals surface area contributed by atoms with Gasteiger partial charge < -0.3 is 11.5 Å². The smallest absolute Gasteiger partial charge is 0.132 e. The number of rotatable bonds is 11. The molecule has 0 aliphatic heterocycles. The van der Waals surface area contributed by atoms with Crippen LogP contribution in [0.4, 0.5) is 0 Å². The monoisotopic (exact) mass is 228 g/mol. The lowest BCUT2D eigenvalue weighted by atomic mass is 10.0. The average molecular weight is 228 g/mol. The number of nitrogens with two attached hydrogens (primary N) is 2. The zero-order chi connectivity index (χ0) is 12.2. The van der Waals surface area contributed by atoms with Gasteiger partial charge in [-0.05, 0) is 38.8 Å². The van der Waals surface area contributed by atoms with Crippen molar-refractivity contribution in [3.63, 3.8) is 0 Å². The first kappa shape index (κ1) is 15.3. The molecule has 0 heterocycles. The molecule has 0 bridgehead atoms. The summed E-state index contributed by atoms with van der Waals surface area (Å²) >= 11 is 0. The molecule has 0 rings (SSSR count). The van der Waals surface area contributed by atoms with Crippen LogP contribution in [0.5, 0.6) is 0 Å². The van der Waals surface area contributed by atoms with Crippen LogP contribution in [0.1, 0.15) is 51.4 Å². The molecule has 0 amide bonds. The van der Waals surface area contributed by atoms with Gasteiger partial charge in [0, 0.05) is 25.7 Å². The Labute approximate surface area is 97.8 Å². The van der Waals surface area contributed by atoms with Gasteiger partial charge in [-0.2, -0.15) is 0 Å². The molecule has 0 saturated heterocycles. The lowest BCUT2D eigenvalue weighted by molar-refractivity contribution is -0.120. The fourth-order valence-corrected chi connectivity index (χ4v) is 1.50. The van der Waals surface area contributed by atoms with Gasteiger partial charge in [0.25, 0.3) is 0 Å². The van der Waals surface area contributed by atoms with Crippen LogP contribution in [0.15, 0.2) is 0 Å². The molecule has 0 fully saturated rings. The summed E-state index contributed by atoms with van der Waals surface area (Å²) in [6.07, 6.45) is 5.42. The van der Waals surface area contributed by atoms with Gasteiger partial charge in [-0.25, -0.2) is 0 Å². The molecule has 0 aliphatic rings. The predicted octanol–water partition coefficient (Wildman–Crippen LogP) is 1.16. The Kier molecular flexibility index (Phi) is 10.3. The molecule has 0 radical (unpaired) electrons. The van der Waals surface area contributed by atoms with Crippen molar-refractivity contribution in [3.8, 4) is 0 Å². The highest BCUT2D eigenvalue weighted by molar-refractivity contribution is 5.81. The number of carbonyl (C=O) groups excluding carboxylic acids is 2. The molecule has 0 atom stereocenters. The second-order valence-electron chi connectivity index (χ2n) is 4.07. The Bertz CT molecular complexity index is 205. The molecule has 4 nitrogen and oxygen atoms in total. The molecule has 94 valence electrons. The van der Waals surface area contributed by atoms with Gasteiger partial charge in [-0.3, -0.25) is 9.59 Å². The summed E-state index contributed by atoms with van der Waals surface area (Å²) in [5, 5.41) is 0. The molecule has 0 unspecified atom stereocenters. The topological polar surface area (TPSA) is 86.2 Å². The van der Waals surface area contributed by atoms with Crippen LogP contribution >= 0.6 is 0 Å². The quantitative estimate of drug-likeness (QED) is 0.520. The van der Waals surface area contributed by atoms with E-state index in [0.717, 1.165) is 19.3 Å². The first-order chi connectivity index (χ1) is 7.70. The summed E-state index contributed by atoms with van der Waals surface area (Å²) in [5.74, 6) is 0.472. The van der Waals surface area contributed by atoms with Gasteiger partial charge in [-0.15, -0.1) is 0 Å². The second-order valence-corrected chi connectivity index (χ2v) is 4.07. The lowest BCUT2D eigenvalue weighted by Crippen LogP contribution is -2.06. The molecule has 0 saturated carbocycles. The average Bonchev–Trinajstić information content (AvgIpc) is 2.26. The predicted molar refractivity (Wildman–Crippen MR) is 65.1 cm³/mol. The molecule has 0 aromatic carbocycles. The second kappa shape index (κ2) is 10.8. The van der Waals surface area contributed by atoms with E-state index in [-0.39, 0.29) is 11.6 Å². The van der Waals surface area contributed by atoms with E-state index in [4.69, 9.17) is 11.5 Å². The molecule has 4 N–H and O–H groups in total. The maximum atomic E-state index is 11.3. The van der Waals surface area contributed by atoms with Crippen molar-refractivity contribution in [1.29, 1.82) is 0 Å². The van der Waals surface area contributed by atoms with E-state index in [9.17, 15) is 9.59 Å². The highest BCUT2D eigenvalue weighted by Crippen LogP contribution is 2.05. The Hall–Kier alpha value is -0.740. The lowest BCUT2D eigenvalue weighted by Gasteiger charge is -2.01. The highest BCUT2D eigenvalue weighted by Gasteiger charge is 2.05. The van der Waals surface area contributed by atoms with E-state index in [1.807, 2.05) is 0 Å². The van der Waals surface area contributed by atoms with Crippen LogP contribution in [-0.4, -0.2) is 24.7 Å². The number of hydrogen-bond donors (Lipinski definition) is 2. The highest BCUT2D eigenvalue weighted by atomic mass is 16.1. The van der Waals surface area contributed by atoms with Gasteiger partial charge in [0.05, 0.1) is 0 Å². The van der Waals surface area contributed by atoms with Crippen molar-refractivity contribution in [1.82, 2.24) is 0 Å². The molecule has 0 aliphatic carbocycles. The van der Waals surface area contributed by atoms with E-state index >= 15 is 0 Å². The Morgan fingerprint density at radius 3 is 1.56 bits per heavy atom. The zero-order valence-electron chi connectivity index (χ0n) is 10.0. The van der Waals surface area contributed by atoms with Crippen molar-refractivity contribution in [2.24, 2.45) is 11.5 Å². The fraction of sp³-hybridized carbons (Fsp3) is 0.833. The Morgan fingerprint density at radius 1 is 0.625 bits per heavy atom. The van der Waals surface area contributed by atoms with Gasteiger partial charge in [-0.1, -0.05) is 0 Å². The molecule has 0 aromatic heterocycles. The minimum Gasteiger partial charge on any atom is -0.330 e. The van der Waals surface area contributed by atoms with Crippen molar-refractivity contribution in [2.45, 2.75) is 51.4 Å². The van der Waals surface area contributed by atoms with Crippen LogP contribution in [0.25, 0.3) is 0 Å². The standard InChI is InChI=1S/C12H24N2O2/c13-9-2-1-5-11(15)6-3-7-12(16)8-4-10-14/h1-10,13-14H2. The maximum absolute atomic E-state index is 11.3. The van der Waals surface area contributed by atoms with E-state index in [1.165, 1.54) is 0 Å². The molecule has 16 heavy (non-hydrogen) atoms. The summed E-state index contributed by atoms with van der Waals surface area (Å²) in [6.45, 7) is 1.20. The number of ketones is 2. The maximum Gasteiger partial charge on any atom is 0.132 e. The summed E-state index contributed by atoms with van der Waals surface area (Å²) in [7, 11) is 0. The minimum absolute atomic E-state index is 0.222. The van der Waals surface area contributed by atoms with Crippen LogP contribution in [-0.2, 0) is 9.59 Å². The normalized spacial score (nSPS) is 10.4. The molecule has 0 aromatic rings. The Morgan fingerprint density at radius 2 is 1.06 bits per heavy atom. The number of carbonyl (C=O) groups is 2. The van der Waals surface area contributed by atoms with E-state index < -0.39 is 0 Å². The van der Waals surface area contributed by atoms with Crippen LogP contribution in [0, 0.1) is 0 Å². The third-order valence-electron chi connectivity index (χ3n) is 2.48. The van der Waals surface area contributed by atoms with Gasteiger partial charge in [0.15, 0.2) is 0 Å². The van der Waals surface area contributed by atoms with Crippen molar-refractivity contribution in [3.05, 3.63) is 0 Å². The molecular weight excluding hydrogens is 204 g/mol. The Balaban J connectivity index is 3.36. The number of unbranched alkanes of at least 4 members (excludes halogenated alkanes) is 1. The van der Waals surface area contributed by atoms with E-state index in [2.05, 4.69) is 0 Å². The van der Waals surface area contributed by atoms with Crippen LogP contribution < -0.4 is 11.5 Å². The minimum atomic E-state index is 0.222. The summed E-state index contributed by atoms with van der Waals surface area (Å²) < 4.78 is 0. The largest absolute Gasteiger partial charge is 0.330 e. The van der Waals surface area contributed by atoms with Crippen molar-refractivity contribution < 1.29 is 9.59 Å². The number of Topliss-reactive ketones (excluding diaryl/α,β-unsaturated/α-hetero) is 2. The summed E-state index contributed by atoms with van der Waals surface area (Å²) in [6, 6.07) is 0. The molecular formula is C12H24N2O2. The zero-order valence-corrected chi connectivity index (χ0v) is 10.0. The van der Waals surface area contributed by atoms with E-state index in [0.29, 0.717) is 45.2 Å². The van der Waals surface area contributed by atoms with Gasteiger partial charge in [0.2, 0.25) is 0 Å². The number of hydrogen-bond acceptors (Lipinski definition) is 4. The van der Waals surface area contributed by atoms with Crippen molar-refractivity contribution in [2.75, 3.05) is 13.1 Å². The summed E-state index contributed by atoms with van der Waals surface area (Å²) in [5.41, 5.74) is 10.6. The van der Waals surface area contributed by atoms with E-state index in [1.54, 1.807) is 0 Å². The third kappa shape index (κ3) is 9.80.